The molecule has 1 aromatic heterocycles. The average molecular weight is 443 g/mol. The molecule has 112 valence electrons. The number of hydrogen-bond donors (Lipinski definition) is 0. The molecular weight excluding hydrogens is 434 g/mol. The lowest BCUT2D eigenvalue weighted by Gasteiger charge is -2.10. The number of nitrogens with zero attached hydrogens (tertiary/aromatic N) is 1. The lowest BCUT2D eigenvalue weighted by Crippen LogP contribution is -2.11. The van der Waals surface area contributed by atoms with Crippen LogP contribution < -0.4 is 4.18 Å². The smallest absolute Gasteiger partial charge is 0.340 e. The van der Waals surface area contributed by atoms with E-state index in [1.807, 2.05) is 12.1 Å². The van der Waals surface area contributed by atoms with Crippen LogP contribution in [-0.4, -0.2) is 13.4 Å². The third kappa shape index (κ3) is 3.02. The minimum Gasteiger partial charge on any atom is -0.377 e. The van der Waals surface area contributed by atoms with E-state index in [9.17, 15) is 8.42 Å². The van der Waals surface area contributed by atoms with Crippen molar-refractivity contribution in [2.45, 2.75) is 4.90 Å². The van der Waals surface area contributed by atoms with Crippen molar-refractivity contribution >= 4 is 52.9 Å². The van der Waals surface area contributed by atoms with Gasteiger partial charge in [-0.05, 0) is 46.3 Å². The summed E-state index contributed by atoms with van der Waals surface area (Å²) >= 11 is 6.53. The van der Waals surface area contributed by atoms with Crippen molar-refractivity contribution < 1.29 is 12.6 Å². The van der Waals surface area contributed by atoms with Crippen molar-refractivity contribution in [3.8, 4) is 5.75 Å². The van der Waals surface area contributed by atoms with Crippen molar-refractivity contribution in [1.82, 2.24) is 4.98 Å². The minimum atomic E-state index is -3.96. The standard InChI is InChI=1S/C15H9Br2NO3S/c16-11-6-7-14(12(17)9-11)22(19,20)21-13-5-1-3-10-4-2-8-18-15(10)13/h1-9H. The number of hydrogen-bond acceptors (Lipinski definition) is 4. The van der Waals surface area contributed by atoms with Gasteiger partial charge in [-0.15, -0.1) is 0 Å². The van der Waals surface area contributed by atoms with Gasteiger partial charge in [0.15, 0.2) is 5.75 Å². The summed E-state index contributed by atoms with van der Waals surface area (Å²) in [5.74, 6) is 0.202. The van der Waals surface area contributed by atoms with Crippen LogP contribution in [0.25, 0.3) is 10.9 Å². The fraction of sp³-hybridized carbons (Fsp3) is 0. The Bertz CT molecular complexity index is 953. The Balaban J connectivity index is 2.07. The molecule has 22 heavy (non-hydrogen) atoms. The summed E-state index contributed by atoms with van der Waals surface area (Å²) in [5.41, 5.74) is 0.502. The Morgan fingerprint density at radius 3 is 2.55 bits per heavy atom. The zero-order valence-electron chi connectivity index (χ0n) is 11.0. The second-order valence-electron chi connectivity index (χ2n) is 4.44. The summed E-state index contributed by atoms with van der Waals surface area (Å²) in [7, 11) is -3.96. The molecule has 0 aliphatic heterocycles. The Morgan fingerprint density at radius 2 is 1.77 bits per heavy atom. The first-order valence-corrected chi connectivity index (χ1v) is 9.20. The van der Waals surface area contributed by atoms with Crippen molar-refractivity contribution in [3.05, 3.63) is 63.7 Å². The molecule has 3 rings (SSSR count). The van der Waals surface area contributed by atoms with E-state index in [1.165, 1.54) is 6.07 Å². The van der Waals surface area contributed by atoms with Gasteiger partial charge in [0, 0.05) is 20.5 Å². The average Bonchev–Trinajstić information content (AvgIpc) is 2.47. The molecule has 0 unspecified atom stereocenters. The Hall–Kier alpha value is -1.44. The summed E-state index contributed by atoms with van der Waals surface area (Å²) in [4.78, 5) is 4.25. The molecule has 0 spiro atoms. The summed E-state index contributed by atoms with van der Waals surface area (Å²) in [6.45, 7) is 0. The van der Waals surface area contributed by atoms with Gasteiger partial charge in [0.05, 0.1) is 0 Å². The first kappa shape index (κ1) is 15.5. The summed E-state index contributed by atoms with van der Waals surface area (Å²) in [6.07, 6.45) is 1.59. The molecule has 0 N–H and O–H groups in total. The molecule has 3 aromatic rings. The Morgan fingerprint density at radius 1 is 1.00 bits per heavy atom. The normalized spacial score (nSPS) is 11.5. The van der Waals surface area contributed by atoms with E-state index in [-0.39, 0.29) is 10.6 Å². The van der Waals surface area contributed by atoms with Crippen LogP contribution in [0.1, 0.15) is 0 Å². The van der Waals surface area contributed by atoms with Crippen LogP contribution in [0, 0.1) is 0 Å². The molecular formula is C15H9Br2NO3S. The molecule has 1 heterocycles. The van der Waals surface area contributed by atoms with Gasteiger partial charge in [-0.25, -0.2) is 0 Å². The highest BCUT2D eigenvalue weighted by Gasteiger charge is 2.21. The first-order chi connectivity index (χ1) is 10.5. The van der Waals surface area contributed by atoms with Crippen LogP contribution in [0.3, 0.4) is 0 Å². The van der Waals surface area contributed by atoms with Gasteiger partial charge < -0.3 is 4.18 Å². The second kappa shape index (κ2) is 5.98. The van der Waals surface area contributed by atoms with Crippen LogP contribution in [0.5, 0.6) is 5.75 Å². The van der Waals surface area contributed by atoms with E-state index in [2.05, 4.69) is 36.8 Å². The number of para-hydroxylation sites is 1. The molecule has 7 heteroatoms. The molecule has 0 atom stereocenters. The van der Waals surface area contributed by atoms with Crippen molar-refractivity contribution in [2.75, 3.05) is 0 Å². The van der Waals surface area contributed by atoms with Gasteiger partial charge in [-0.3, -0.25) is 4.98 Å². The predicted molar refractivity (Wildman–Crippen MR) is 91.4 cm³/mol. The molecule has 0 fully saturated rings. The first-order valence-electron chi connectivity index (χ1n) is 6.21. The van der Waals surface area contributed by atoms with Gasteiger partial charge >= 0.3 is 10.1 Å². The van der Waals surface area contributed by atoms with E-state index in [1.54, 1.807) is 36.5 Å². The minimum absolute atomic E-state index is 0.0589. The number of aromatic nitrogens is 1. The maximum Gasteiger partial charge on any atom is 0.340 e. The van der Waals surface area contributed by atoms with Crippen LogP contribution in [-0.2, 0) is 10.1 Å². The van der Waals surface area contributed by atoms with Crippen LogP contribution in [0.2, 0.25) is 0 Å². The molecule has 0 bridgehead atoms. The lowest BCUT2D eigenvalue weighted by molar-refractivity contribution is 0.487. The van der Waals surface area contributed by atoms with Gasteiger partial charge in [0.1, 0.15) is 10.4 Å². The molecule has 0 aliphatic rings. The zero-order valence-corrected chi connectivity index (χ0v) is 15.0. The third-order valence-corrected chi connectivity index (χ3v) is 5.66. The maximum absolute atomic E-state index is 12.5. The van der Waals surface area contributed by atoms with Gasteiger partial charge in [-0.2, -0.15) is 8.42 Å². The van der Waals surface area contributed by atoms with Crippen LogP contribution in [0.4, 0.5) is 0 Å². The summed E-state index contributed by atoms with van der Waals surface area (Å²) in [6, 6.07) is 13.5. The molecule has 0 amide bonds. The van der Waals surface area contributed by atoms with Crippen LogP contribution in [0.15, 0.2) is 68.6 Å². The number of halogens is 2. The van der Waals surface area contributed by atoms with Crippen molar-refractivity contribution in [1.29, 1.82) is 0 Å². The van der Waals surface area contributed by atoms with E-state index in [0.29, 0.717) is 9.99 Å². The molecule has 0 saturated heterocycles. The summed E-state index contributed by atoms with van der Waals surface area (Å²) in [5, 5.41) is 0.810. The number of rotatable bonds is 3. The highest BCUT2D eigenvalue weighted by atomic mass is 79.9. The van der Waals surface area contributed by atoms with E-state index in [0.717, 1.165) is 9.86 Å². The fourth-order valence-corrected chi connectivity index (χ4v) is 4.62. The zero-order chi connectivity index (χ0) is 15.7. The fourth-order valence-electron chi connectivity index (χ4n) is 1.98. The predicted octanol–water partition coefficient (Wildman–Crippen LogP) is 4.53. The van der Waals surface area contributed by atoms with Gasteiger partial charge in [-0.1, -0.05) is 34.1 Å². The van der Waals surface area contributed by atoms with Gasteiger partial charge in [0.25, 0.3) is 0 Å². The number of fused-ring (bicyclic) bond motifs is 1. The Labute approximate surface area is 144 Å². The number of pyridine rings is 1. The third-order valence-electron chi connectivity index (χ3n) is 2.96. The van der Waals surface area contributed by atoms with Crippen molar-refractivity contribution in [3.63, 3.8) is 0 Å². The molecule has 4 nitrogen and oxygen atoms in total. The van der Waals surface area contributed by atoms with Crippen LogP contribution >= 0.6 is 31.9 Å². The molecule has 2 aromatic carbocycles. The molecule has 0 saturated carbocycles. The molecule has 0 aliphatic carbocycles. The lowest BCUT2D eigenvalue weighted by atomic mass is 10.2. The highest BCUT2D eigenvalue weighted by molar-refractivity contribution is 9.11. The van der Waals surface area contributed by atoms with E-state index >= 15 is 0 Å². The van der Waals surface area contributed by atoms with E-state index in [4.69, 9.17) is 4.18 Å². The number of benzene rings is 2. The largest absolute Gasteiger partial charge is 0.377 e. The van der Waals surface area contributed by atoms with Crippen molar-refractivity contribution in [2.24, 2.45) is 0 Å². The maximum atomic E-state index is 12.5. The Kier molecular flexibility index (Phi) is 4.20. The van der Waals surface area contributed by atoms with E-state index < -0.39 is 10.1 Å². The monoisotopic (exact) mass is 441 g/mol. The van der Waals surface area contributed by atoms with Gasteiger partial charge in [0.2, 0.25) is 0 Å². The SMILES string of the molecule is O=S(=O)(Oc1cccc2cccnc12)c1ccc(Br)cc1Br. The quantitative estimate of drug-likeness (QED) is 0.559. The topological polar surface area (TPSA) is 56.3 Å². The second-order valence-corrected chi connectivity index (χ2v) is 7.73. The molecule has 0 radical (unpaired) electrons. The summed E-state index contributed by atoms with van der Waals surface area (Å²) < 4.78 is 31.4. The highest BCUT2D eigenvalue weighted by Crippen LogP contribution is 2.30.